The van der Waals surface area contributed by atoms with Crippen LogP contribution in [0.25, 0.3) is 0 Å². The van der Waals surface area contributed by atoms with E-state index in [9.17, 15) is 9.59 Å². The van der Waals surface area contributed by atoms with Crippen LogP contribution in [0.15, 0.2) is 24.5 Å². The average molecular weight is 245 g/mol. The van der Waals surface area contributed by atoms with Crippen LogP contribution in [0.2, 0.25) is 0 Å². The van der Waals surface area contributed by atoms with E-state index < -0.39 is 5.91 Å². The Labute approximate surface area is 103 Å². The molecule has 7 nitrogen and oxygen atoms in total. The Bertz CT molecular complexity index is 605. The molecule has 2 aromatic heterocycles. The zero-order chi connectivity index (χ0) is 13.1. The molecule has 2 N–H and O–H groups in total. The largest absolute Gasteiger partial charge is 0.364 e. The lowest BCUT2D eigenvalue weighted by Crippen LogP contribution is -2.13. The van der Waals surface area contributed by atoms with Crippen LogP contribution in [-0.4, -0.2) is 31.7 Å². The molecule has 0 aliphatic heterocycles. The average Bonchev–Trinajstić information content (AvgIpc) is 2.78. The number of nitrogens with zero attached hydrogens (tertiary/aromatic N) is 4. The molecule has 0 saturated carbocycles. The number of pyridine rings is 1. The number of primary amides is 1. The molecule has 7 heteroatoms. The number of carbonyl (C=O) groups excluding carboxylic acids is 2. The lowest BCUT2D eigenvalue weighted by atomic mass is 10.2. The first-order valence-corrected chi connectivity index (χ1v) is 5.22. The minimum Gasteiger partial charge on any atom is -0.364 e. The zero-order valence-electron chi connectivity index (χ0n) is 9.70. The summed E-state index contributed by atoms with van der Waals surface area (Å²) in [6, 6.07) is 3.41. The van der Waals surface area contributed by atoms with E-state index in [1.807, 2.05) is 0 Å². The standard InChI is InChI=1S/C11H11N5O2/c1-7(17)9-4-8(2-3-13-9)6-16-14-5-10(15-16)11(12)18/h2-5H,6H2,1H3,(H2,12,18). The first-order chi connectivity index (χ1) is 8.56. The summed E-state index contributed by atoms with van der Waals surface area (Å²) in [4.78, 5) is 27.3. The first kappa shape index (κ1) is 11.9. The summed E-state index contributed by atoms with van der Waals surface area (Å²) >= 11 is 0. The van der Waals surface area contributed by atoms with Crippen molar-refractivity contribution in [3.63, 3.8) is 0 Å². The number of nitrogens with two attached hydrogens (primary N) is 1. The van der Waals surface area contributed by atoms with Crippen LogP contribution in [0, 0.1) is 0 Å². The van der Waals surface area contributed by atoms with E-state index in [2.05, 4.69) is 15.2 Å². The molecule has 0 radical (unpaired) electrons. The van der Waals surface area contributed by atoms with Crippen LogP contribution in [-0.2, 0) is 6.54 Å². The van der Waals surface area contributed by atoms with Gasteiger partial charge in [-0.25, -0.2) is 0 Å². The molecule has 0 bridgehead atoms. The lowest BCUT2D eigenvalue weighted by Gasteiger charge is -2.01. The number of Topliss-reactive ketones (excluding diaryl/α,β-unsaturated/α-hetero) is 1. The first-order valence-electron chi connectivity index (χ1n) is 5.22. The van der Waals surface area contributed by atoms with Gasteiger partial charge >= 0.3 is 0 Å². The van der Waals surface area contributed by atoms with Gasteiger partial charge in [-0.05, 0) is 17.7 Å². The SMILES string of the molecule is CC(=O)c1cc(Cn2ncc(C(N)=O)n2)ccn1. The molecule has 18 heavy (non-hydrogen) atoms. The number of carbonyl (C=O) groups is 2. The molecule has 0 aliphatic rings. The van der Waals surface area contributed by atoms with Crippen molar-refractivity contribution in [3.05, 3.63) is 41.5 Å². The van der Waals surface area contributed by atoms with Crippen molar-refractivity contribution >= 4 is 11.7 Å². The molecule has 0 fully saturated rings. The van der Waals surface area contributed by atoms with E-state index in [-0.39, 0.29) is 11.5 Å². The quantitative estimate of drug-likeness (QED) is 0.765. The molecular weight excluding hydrogens is 234 g/mol. The van der Waals surface area contributed by atoms with Crippen LogP contribution in [0.1, 0.15) is 33.5 Å². The number of hydrogen-bond acceptors (Lipinski definition) is 5. The van der Waals surface area contributed by atoms with Gasteiger partial charge in [-0.2, -0.15) is 9.90 Å². The topological polar surface area (TPSA) is 104 Å². The third kappa shape index (κ3) is 2.57. The van der Waals surface area contributed by atoms with Crippen LogP contribution in [0.3, 0.4) is 0 Å². The summed E-state index contributed by atoms with van der Waals surface area (Å²) in [7, 11) is 0. The van der Waals surface area contributed by atoms with Gasteiger partial charge in [-0.15, -0.1) is 5.10 Å². The maximum atomic E-state index is 11.2. The van der Waals surface area contributed by atoms with E-state index in [1.165, 1.54) is 17.9 Å². The zero-order valence-corrected chi connectivity index (χ0v) is 9.70. The maximum absolute atomic E-state index is 11.2. The second-order valence-corrected chi connectivity index (χ2v) is 3.73. The fourth-order valence-electron chi connectivity index (χ4n) is 1.41. The summed E-state index contributed by atoms with van der Waals surface area (Å²) in [6.45, 7) is 1.79. The van der Waals surface area contributed by atoms with Gasteiger partial charge in [0.2, 0.25) is 0 Å². The summed E-state index contributed by atoms with van der Waals surface area (Å²) in [6.07, 6.45) is 2.85. The minimum atomic E-state index is -0.625. The van der Waals surface area contributed by atoms with Crippen LogP contribution in [0.4, 0.5) is 0 Å². The van der Waals surface area contributed by atoms with E-state index in [0.29, 0.717) is 12.2 Å². The Morgan fingerprint density at radius 2 is 2.17 bits per heavy atom. The molecular formula is C11H11N5O2. The summed E-state index contributed by atoms with van der Waals surface area (Å²) in [5.41, 5.74) is 6.39. The van der Waals surface area contributed by atoms with Gasteiger partial charge in [-0.3, -0.25) is 14.6 Å². The van der Waals surface area contributed by atoms with Crippen molar-refractivity contribution in [3.8, 4) is 0 Å². The molecule has 0 spiro atoms. The number of hydrogen-bond donors (Lipinski definition) is 1. The van der Waals surface area contributed by atoms with Crippen molar-refractivity contribution < 1.29 is 9.59 Å². The number of amides is 1. The highest BCUT2D eigenvalue weighted by Gasteiger charge is 2.07. The third-order valence-corrected chi connectivity index (χ3v) is 2.30. The highest BCUT2D eigenvalue weighted by atomic mass is 16.1. The summed E-state index contributed by atoms with van der Waals surface area (Å²) in [5, 5.41) is 7.81. The van der Waals surface area contributed by atoms with Gasteiger partial charge in [0.05, 0.1) is 12.7 Å². The molecule has 0 unspecified atom stereocenters. The van der Waals surface area contributed by atoms with Crippen molar-refractivity contribution in [1.29, 1.82) is 0 Å². The van der Waals surface area contributed by atoms with Crippen molar-refractivity contribution in [2.24, 2.45) is 5.73 Å². The Kier molecular flexibility index (Phi) is 3.13. The van der Waals surface area contributed by atoms with Gasteiger partial charge in [0.1, 0.15) is 5.69 Å². The Balaban J connectivity index is 2.20. The monoisotopic (exact) mass is 245 g/mol. The molecule has 1 amide bonds. The Morgan fingerprint density at radius 3 is 2.78 bits per heavy atom. The van der Waals surface area contributed by atoms with Gasteiger partial charge in [0.25, 0.3) is 5.91 Å². The fourth-order valence-corrected chi connectivity index (χ4v) is 1.41. The number of ketones is 1. The Hall–Kier alpha value is -2.57. The normalized spacial score (nSPS) is 10.3. The van der Waals surface area contributed by atoms with Crippen LogP contribution >= 0.6 is 0 Å². The van der Waals surface area contributed by atoms with E-state index in [0.717, 1.165) is 5.56 Å². The summed E-state index contributed by atoms with van der Waals surface area (Å²) < 4.78 is 0. The highest BCUT2D eigenvalue weighted by Crippen LogP contribution is 2.04. The Morgan fingerprint density at radius 1 is 1.39 bits per heavy atom. The molecule has 0 atom stereocenters. The molecule has 0 saturated heterocycles. The molecule has 2 rings (SSSR count). The molecule has 0 aliphatic carbocycles. The predicted octanol–water partition coefficient (Wildman–Crippen LogP) is 0.0229. The van der Waals surface area contributed by atoms with Crippen molar-refractivity contribution in [2.45, 2.75) is 13.5 Å². The van der Waals surface area contributed by atoms with E-state index >= 15 is 0 Å². The second-order valence-electron chi connectivity index (χ2n) is 3.73. The van der Waals surface area contributed by atoms with Gasteiger partial charge in [0.15, 0.2) is 11.5 Å². The van der Waals surface area contributed by atoms with Crippen LogP contribution in [0.5, 0.6) is 0 Å². The molecule has 2 heterocycles. The second kappa shape index (κ2) is 4.74. The van der Waals surface area contributed by atoms with Gasteiger partial charge in [-0.1, -0.05) is 0 Å². The fraction of sp³-hybridized carbons (Fsp3) is 0.182. The van der Waals surface area contributed by atoms with Crippen molar-refractivity contribution in [2.75, 3.05) is 0 Å². The van der Waals surface area contributed by atoms with Crippen molar-refractivity contribution in [1.82, 2.24) is 20.0 Å². The third-order valence-electron chi connectivity index (χ3n) is 2.30. The van der Waals surface area contributed by atoms with Gasteiger partial charge in [0, 0.05) is 13.1 Å². The van der Waals surface area contributed by atoms with E-state index in [1.54, 1.807) is 18.3 Å². The highest BCUT2D eigenvalue weighted by molar-refractivity contribution is 5.92. The molecule has 0 aromatic carbocycles. The smallest absolute Gasteiger partial charge is 0.270 e. The predicted molar refractivity (Wildman–Crippen MR) is 61.9 cm³/mol. The number of rotatable bonds is 4. The maximum Gasteiger partial charge on any atom is 0.270 e. The lowest BCUT2D eigenvalue weighted by molar-refractivity contribution is 0.0991. The van der Waals surface area contributed by atoms with Crippen LogP contribution < -0.4 is 5.73 Å². The summed E-state index contributed by atoms with van der Waals surface area (Å²) in [5.74, 6) is -0.733. The molecule has 2 aromatic rings. The minimum absolute atomic E-state index is 0.107. The van der Waals surface area contributed by atoms with Gasteiger partial charge < -0.3 is 5.73 Å². The van der Waals surface area contributed by atoms with E-state index in [4.69, 9.17) is 5.73 Å². The number of aromatic nitrogens is 4. The molecule has 92 valence electrons.